The van der Waals surface area contributed by atoms with Crippen molar-refractivity contribution in [2.24, 2.45) is 0 Å². The molecule has 0 aliphatic heterocycles. The normalized spacial score (nSPS) is 11.2. The van der Waals surface area contributed by atoms with Gasteiger partial charge in [0.15, 0.2) is 0 Å². The molecule has 6 nitrogen and oxygen atoms in total. The predicted octanol–water partition coefficient (Wildman–Crippen LogP) is 4.64. The Morgan fingerprint density at radius 2 is 1.71 bits per heavy atom. The summed E-state index contributed by atoms with van der Waals surface area (Å²) in [5.74, 6) is 0.570. The van der Waals surface area contributed by atoms with Gasteiger partial charge in [-0.15, -0.1) is 0 Å². The molecule has 0 radical (unpaired) electrons. The number of anilines is 1. The number of carbonyl (C=O) groups excluding carboxylic acids is 1. The Hall–Kier alpha value is -3.32. The van der Waals surface area contributed by atoms with Gasteiger partial charge in [0.05, 0.1) is 25.0 Å². The van der Waals surface area contributed by atoms with Crippen LogP contribution in [0.4, 0.5) is 5.69 Å². The molecule has 0 spiro atoms. The van der Waals surface area contributed by atoms with Crippen LogP contribution < -0.4 is 14.4 Å². The number of aryl methyl sites for hydroxylation is 3. The molecule has 7 heteroatoms. The largest absolute Gasteiger partial charge is 0.492 e. The predicted molar refractivity (Wildman–Crippen MR) is 137 cm³/mol. The van der Waals surface area contributed by atoms with E-state index < -0.39 is 10.0 Å². The van der Waals surface area contributed by atoms with E-state index in [1.54, 1.807) is 24.3 Å². The zero-order valence-electron chi connectivity index (χ0n) is 20.2. The summed E-state index contributed by atoms with van der Waals surface area (Å²) in [6, 6.07) is 20.6. The summed E-state index contributed by atoms with van der Waals surface area (Å²) in [6.07, 6.45) is 1.95. The fourth-order valence-corrected chi connectivity index (χ4v) is 4.77. The lowest BCUT2D eigenvalue weighted by atomic mass is 10.1. The van der Waals surface area contributed by atoms with Crippen LogP contribution in [0.2, 0.25) is 0 Å². The molecule has 0 saturated heterocycles. The summed E-state index contributed by atoms with van der Waals surface area (Å²) in [6.45, 7) is 6.87. The molecule has 0 heterocycles. The molecule has 0 aromatic heterocycles. The van der Waals surface area contributed by atoms with Gasteiger partial charge in [0.2, 0.25) is 10.0 Å². The quantitative estimate of drug-likeness (QED) is 0.429. The summed E-state index contributed by atoms with van der Waals surface area (Å²) in [5, 5.41) is 2.85. The minimum Gasteiger partial charge on any atom is -0.492 e. The summed E-state index contributed by atoms with van der Waals surface area (Å²) in [7, 11) is -3.50. The summed E-state index contributed by atoms with van der Waals surface area (Å²) in [5.41, 5.74) is 5.04. The molecule has 34 heavy (non-hydrogen) atoms. The number of amides is 1. The van der Waals surface area contributed by atoms with Crippen molar-refractivity contribution in [3.63, 3.8) is 0 Å². The SMILES string of the molecule is CCc1cccc(C)c1N(Cc1ccc(C(=O)NCCOc2cccc(C)c2)cc1)S(C)(=O)=O. The fourth-order valence-electron chi connectivity index (χ4n) is 3.79. The second kappa shape index (κ2) is 11.2. The minimum atomic E-state index is -3.50. The third-order valence-corrected chi connectivity index (χ3v) is 6.65. The molecule has 0 bridgehead atoms. The molecule has 0 aliphatic carbocycles. The Bertz CT molecular complexity index is 1240. The topological polar surface area (TPSA) is 75.7 Å². The third kappa shape index (κ3) is 6.60. The second-order valence-electron chi connectivity index (χ2n) is 8.32. The van der Waals surface area contributed by atoms with Gasteiger partial charge in [0.25, 0.3) is 5.91 Å². The highest BCUT2D eigenvalue weighted by atomic mass is 32.2. The highest BCUT2D eigenvalue weighted by Crippen LogP contribution is 2.29. The first-order chi connectivity index (χ1) is 16.2. The summed E-state index contributed by atoms with van der Waals surface area (Å²) in [4.78, 5) is 12.5. The van der Waals surface area contributed by atoms with Gasteiger partial charge in [-0.05, 0) is 66.8 Å². The number of nitrogens with one attached hydrogen (secondary N) is 1. The van der Waals surface area contributed by atoms with Crippen LogP contribution in [0.5, 0.6) is 5.75 Å². The van der Waals surface area contributed by atoms with Crippen molar-refractivity contribution in [1.29, 1.82) is 0 Å². The Balaban J connectivity index is 1.64. The van der Waals surface area contributed by atoms with E-state index in [2.05, 4.69) is 5.32 Å². The molecule has 0 saturated carbocycles. The number of hydrogen-bond donors (Lipinski definition) is 1. The van der Waals surface area contributed by atoms with E-state index in [0.717, 1.165) is 40.1 Å². The zero-order chi connectivity index (χ0) is 24.7. The molecule has 1 amide bonds. The van der Waals surface area contributed by atoms with E-state index in [1.165, 1.54) is 10.6 Å². The van der Waals surface area contributed by atoms with E-state index in [4.69, 9.17) is 4.74 Å². The molecule has 180 valence electrons. The number of benzene rings is 3. The van der Waals surface area contributed by atoms with Crippen molar-refractivity contribution >= 4 is 21.6 Å². The average molecular weight is 481 g/mol. The third-order valence-electron chi connectivity index (χ3n) is 5.54. The van der Waals surface area contributed by atoms with Crippen molar-refractivity contribution in [3.8, 4) is 5.75 Å². The van der Waals surface area contributed by atoms with Gasteiger partial charge >= 0.3 is 0 Å². The van der Waals surface area contributed by atoms with Crippen LogP contribution in [0.25, 0.3) is 0 Å². The number of rotatable bonds is 10. The Kier molecular flexibility index (Phi) is 8.34. The first-order valence-corrected chi connectivity index (χ1v) is 13.2. The van der Waals surface area contributed by atoms with E-state index in [1.807, 2.05) is 63.2 Å². The summed E-state index contributed by atoms with van der Waals surface area (Å²) >= 11 is 0. The van der Waals surface area contributed by atoms with Crippen molar-refractivity contribution in [1.82, 2.24) is 5.32 Å². The lowest BCUT2D eigenvalue weighted by Gasteiger charge is -2.26. The van der Waals surface area contributed by atoms with Gasteiger partial charge in [0.1, 0.15) is 12.4 Å². The number of hydrogen-bond acceptors (Lipinski definition) is 4. The first kappa shape index (κ1) is 25.3. The van der Waals surface area contributed by atoms with Crippen LogP contribution in [0.3, 0.4) is 0 Å². The maximum absolute atomic E-state index is 12.6. The van der Waals surface area contributed by atoms with Gasteiger partial charge in [-0.3, -0.25) is 9.10 Å². The Labute approximate surface area is 202 Å². The first-order valence-electron chi connectivity index (χ1n) is 11.3. The van der Waals surface area contributed by atoms with E-state index in [-0.39, 0.29) is 12.5 Å². The molecule has 0 unspecified atom stereocenters. The van der Waals surface area contributed by atoms with Crippen LogP contribution in [0.15, 0.2) is 66.7 Å². The van der Waals surface area contributed by atoms with Gasteiger partial charge in [-0.1, -0.05) is 49.4 Å². The van der Waals surface area contributed by atoms with Crippen molar-refractivity contribution < 1.29 is 17.9 Å². The van der Waals surface area contributed by atoms with Gasteiger partial charge in [-0.2, -0.15) is 0 Å². The van der Waals surface area contributed by atoms with Crippen LogP contribution >= 0.6 is 0 Å². The molecular weight excluding hydrogens is 448 g/mol. The highest BCUT2D eigenvalue weighted by molar-refractivity contribution is 7.92. The maximum atomic E-state index is 12.6. The lowest BCUT2D eigenvalue weighted by molar-refractivity contribution is 0.0947. The van der Waals surface area contributed by atoms with E-state index in [9.17, 15) is 13.2 Å². The van der Waals surface area contributed by atoms with Gasteiger partial charge < -0.3 is 10.1 Å². The number of ether oxygens (including phenoxy) is 1. The van der Waals surface area contributed by atoms with Crippen LogP contribution in [-0.4, -0.2) is 33.7 Å². The van der Waals surface area contributed by atoms with E-state index >= 15 is 0 Å². The van der Waals surface area contributed by atoms with Crippen LogP contribution in [-0.2, 0) is 23.0 Å². The lowest BCUT2D eigenvalue weighted by Crippen LogP contribution is -2.31. The molecule has 1 N–H and O–H groups in total. The summed E-state index contributed by atoms with van der Waals surface area (Å²) < 4.78 is 32.4. The van der Waals surface area contributed by atoms with Crippen molar-refractivity contribution in [3.05, 3.63) is 94.5 Å². The number of carbonyl (C=O) groups is 1. The smallest absolute Gasteiger partial charge is 0.251 e. The Morgan fingerprint density at radius 3 is 2.35 bits per heavy atom. The number of para-hydroxylation sites is 1. The fraction of sp³-hybridized carbons (Fsp3) is 0.296. The molecule has 0 aliphatic rings. The molecule has 0 fully saturated rings. The highest BCUT2D eigenvalue weighted by Gasteiger charge is 2.22. The Morgan fingerprint density at radius 1 is 1.00 bits per heavy atom. The maximum Gasteiger partial charge on any atom is 0.251 e. The molecule has 3 aromatic carbocycles. The molecular formula is C27H32N2O4S. The molecule has 0 atom stereocenters. The van der Waals surface area contributed by atoms with Crippen molar-refractivity contribution in [2.45, 2.75) is 33.7 Å². The number of sulfonamides is 1. The molecule has 3 aromatic rings. The van der Waals surface area contributed by atoms with Crippen molar-refractivity contribution in [2.75, 3.05) is 23.7 Å². The standard InChI is InChI=1S/C27H32N2O4S/c1-5-23-10-7-9-21(3)26(23)29(34(4,31)32)19-22-12-14-24(15-13-22)27(30)28-16-17-33-25-11-6-8-20(2)18-25/h6-15,18H,5,16-17,19H2,1-4H3,(H,28,30). The van der Waals surface area contributed by atoms with Crippen LogP contribution in [0.1, 0.15) is 39.5 Å². The van der Waals surface area contributed by atoms with Crippen LogP contribution in [0, 0.1) is 13.8 Å². The monoisotopic (exact) mass is 480 g/mol. The average Bonchev–Trinajstić information content (AvgIpc) is 2.80. The van der Waals surface area contributed by atoms with Gasteiger partial charge in [0, 0.05) is 5.56 Å². The minimum absolute atomic E-state index is 0.197. The number of nitrogens with zero attached hydrogens (tertiary/aromatic N) is 1. The molecule has 3 rings (SSSR count). The second-order valence-corrected chi connectivity index (χ2v) is 10.2. The zero-order valence-corrected chi connectivity index (χ0v) is 21.0. The van der Waals surface area contributed by atoms with Gasteiger partial charge in [-0.25, -0.2) is 8.42 Å². The van der Waals surface area contributed by atoms with E-state index in [0.29, 0.717) is 18.7 Å².